The number of amides is 3. The van der Waals surface area contributed by atoms with Gasteiger partial charge in [0.2, 0.25) is 0 Å². The van der Waals surface area contributed by atoms with Crippen LogP contribution in [-0.2, 0) is 14.3 Å². The lowest BCUT2D eigenvalue weighted by Crippen LogP contribution is -2.45. The first kappa shape index (κ1) is 17.1. The molecule has 2 N–H and O–H groups in total. The van der Waals surface area contributed by atoms with Gasteiger partial charge in [-0.2, -0.15) is 0 Å². The SMILES string of the molecule is COCCN(CC(C)C)C(=O)NC(=O)C=CC(=O)O. The van der Waals surface area contributed by atoms with Crippen molar-refractivity contribution < 1.29 is 24.2 Å². The zero-order valence-corrected chi connectivity index (χ0v) is 11.4. The van der Waals surface area contributed by atoms with Gasteiger partial charge in [-0.1, -0.05) is 13.8 Å². The number of hydrogen-bond acceptors (Lipinski definition) is 4. The van der Waals surface area contributed by atoms with Crippen LogP contribution in [0.1, 0.15) is 13.8 Å². The number of carbonyl (C=O) groups is 3. The van der Waals surface area contributed by atoms with E-state index in [4.69, 9.17) is 9.84 Å². The molecule has 19 heavy (non-hydrogen) atoms. The minimum atomic E-state index is -1.25. The van der Waals surface area contributed by atoms with Crippen LogP contribution in [0.25, 0.3) is 0 Å². The third-order valence-electron chi connectivity index (χ3n) is 2.05. The Hall–Kier alpha value is -1.89. The topological polar surface area (TPSA) is 95.9 Å². The van der Waals surface area contributed by atoms with Crippen molar-refractivity contribution in [3.05, 3.63) is 12.2 Å². The Bertz CT molecular complexity index is 352. The lowest BCUT2D eigenvalue weighted by atomic mass is 10.2. The Morgan fingerprint density at radius 1 is 1.32 bits per heavy atom. The first-order valence-corrected chi connectivity index (χ1v) is 5.86. The summed E-state index contributed by atoms with van der Waals surface area (Å²) in [6.45, 7) is 5.08. The predicted molar refractivity (Wildman–Crippen MR) is 68.6 cm³/mol. The monoisotopic (exact) mass is 272 g/mol. The number of imide groups is 1. The number of carboxylic acid groups (broad SMARTS) is 1. The molecule has 7 nitrogen and oxygen atoms in total. The molecule has 3 amide bonds. The second kappa shape index (κ2) is 9.09. The molecule has 0 aliphatic heterocycles. The Balaban J connectivity index is 4.45. The number of nitrogens with zero attached hydrogens (tertiary/aromatic N) is 1. The fourth-order valence-electron chi connectivity index (χ4n) is 1.29. The maximum Gasteiger partial charge on any atom is 0.328 e. The van der Waals surface area contributed by atoms with Crippen LogP contribution in [0.5, 0.6) is 0 Å². The van der Waals surface area contributed by atoms with Gasteiger partial charge in [-0.15, -0.1) is 0 Å². The number of urea groups is 1. The van der Waals surface area contributed by atoms with Gasteiger partial charge in [-0.3, -0.25) is 10.1 Å². The zero-order valence-electron chi connectivity index (χ0n) is 11.4. The van der Waals surface area contributed by atoms with Crippen LogP contribution in [0.15, 0.2) is 12.2 Å². The van der Waals surface area contributed by atoms with Crippen molar-refractivity contribution in [3.63, 3.8) is 0 Å². The Morgan fingerprint density at radius 2 is 1.95 bits per heavy atom. The van der Waals surface area contributed by atoms with E-state index >= 15 is 0 Å². The Kier molecular flexibility index (Phi) is 8.19. The van der Waals surface area contributed by atoms with E-state index < -0.39 is 17.9 Å². The molecule has 0 heterocycles. The Labute approximate surface area is 112 Å². The van der Waals surface area contributed by atoms with Gasteiger partial charge in [-0.25, -0.2) is 9.59 Å². The summed E-state index contributed by atoms with van der Waals surface area (Å²) in [5.74, 6) is -1.77. The highest BCUT2D eigenvalue weighted by molar-refractivity contribution is 6.02. The van der Waals surface area contributed by atoms with Gasteiger partial charge in [0, 0.05) is 32.4 Å². The molecule has 0 fully saturated rings. The van der Waals surface area contributed by atoms with Gasteiger partial charge < -0.3 is 14.7 Å². The molecule has 0 aromatic carbocycles. The highest BCUT2D eigenvalue weighted by Gasteiger charge is 2.16. The summed E-state index contributed by atoms with van der Waals surface area (Å²) in [5, 5.41) is 10.5. The summed E-state index contributed by atoms with van der Waals surface area (Å²) in [4.78, 5) is 34.8. The molecule has 0 radical (unpaired) electrons. The van der Waals surface area contributed by atoms with Gasteiger partial charge in [0.15, 0.2) is 0 Å². The summed E-state index contributed by atoms with van der Waals surface area (Å²) >= 11 is 0. The molecule has 0 aromatic heterocycles. The molecular weight excluding hydrogens is 252 g/mol. The molecule has 0 spiro atoms. The van der Waals surface area contributed by atoms with Crippen molar-refractivity contribution in [1.82, 2.24) is 10.2 Å². The van der Waals surface area contributed by atoms with Crippen LogP contribution in [-0.4, -0.2) is 54.7 Å². The van der Waals surface area contributed by atoms with E-state index in [9.17, 15) is 14.4 Å². The van der Waals surface area contributed by atoms with Gasteiger partial charge in [0.1, 0.15) is 0 Å². The highest BCUT2D eigenvalue weighted by atomic mass is 16.5. The standard InChI is InChI=1S/C12H20N2O5/c1-9(2)8-14(6-7-19-3)12(18)13-10(15)4-5-11(16)17/h4-5,9H,6-8H2,1-3H3,(H,16,17)(H,13,15,18). The average Bonchev–Trinajstić information content (AvgIpc) is 2.31. The third kappa shape index (κ3) is 8.78. The van der Waals surface area contributed by atoms with Gasteiger partial charge in [0.25, 0.3) is 5.91 Å². The maximum absolute atomic E-state index is 11.8. The van der Waals surface area contributed by atoms with Crippen LogP contribution in [0.2, 0.25) is 0 Å². The van der Waals surface area contributed by atoms with Crippen LogP contribution in [0, 0.1) is 5.92 Å². The molecule has 0 bridgehead atoms. The molecular formula is C12H20N2O5. The number of nitrogens with one attached hydrogen (secondary N) is 1. The average molecular weight is 272 g/mol. The number of aliphatic carboxylic acids is 1. The summed E-state index contributed by atoms with van der Waals surface area (Å²) in [6, 6.07) is -0.564. The summed E-state index contributed by atoms with van der Waals surface area (Å²) in [5.41, 5.74) is 0. The van der Waals surface area contributed by atoms with Crippen LogP contribution >= 0.6 is 0 Å². The van der Waals surface area contributed by atoms with Gasteiger partial charge in [-0.05, 0) is 5.92 Å². The molecule has 0 aliphatic carbocycles. The number of methoxy groups -OCH3 is 1. The van der Waals surface area contributed by atoms with Crippen molar-refractivity contribution in [2.24, 2.45) is 5.92 Å². The van der Waals surface area contributed by atoms with Gasteiger partial charge in [0.05, 0.1) is 6.61 Å². The third-order valence-corrected chi connectivity index (χ3v) is 2.05. The van der Waals surface area contributed by atoms with Crippen molar-refractivity contribution >= 4 is 17.9 Å². The second-order valence-corrected chi connectivity index (χ2v) is 4.30. The molecule has 0 atom stereocenters. The minimum absolute atomic E-state index is 0.243. The normalized spacial score (nSPS) is 10.7. The largest absolute Gasteiger partial charge is 0.478 e. The number of carbonyl (C=O) groups excluding carboxylic acids is 2. The highest BCUT2D eigenvalue weighted by Crippen LogP contribution is 1.99. The summed E-state index contributed by atoms with van der Waals surface area (Å²) in [7, 11) is 1.52. The van der Waals surface area contributed by atoms with Gasteiger partial charge >= 0.3 is 12.0 Å². The number of ether oxygens (including phenoxy) is 1. The van der Waals surface area contributed by atoms with Crippen molar-refractivity contribution in [2.45, 2.75) is 13.8 Å². The maximum atomic E-state index is 11.8. The molecule has 0 saturated heterocycles. The first-order valence-electron chi connectivity index (χ1n) is 5.86. The van der Waals surface area contributed by atoms with Crippen molar-refractivity contribution in [1.29, 1.82) is 0 Å². The minimum Gasteiger partial charge on any atom is -0.478 e. The smallest absolute Gasteiger partial charge is 0.328 e. The van der Waals surface area contributed by atoms with E-state index in [0.717, 1.165) is 6.08 Å². The summed E-state index contributed by atoms with van der Waals surface area (Å²) < 4.78 is 4.89. The quantitative estimate of drug-likeness (QED) is 0.657. The molecule has 7 heteroatoms. The van der Waals surface area contributed by atoms with E-state index in [-0.39, 0.29) is 5.92 Å². The second-order valence-electron chi connectivity index (χ2n) is 4.30. The van der Waals surface area contributed by atoms with Crippen LogP contribution < -0.4 is 5.32 Å². The van der Waals surface area contributed by atoms with E-state index in [1.807, 2.05) is 13.8 Å². The van der Waals surface area contributed by atoms with E-state index in [1.54, 1.807) is 0 Å². The van der Waals surface area contributed by atoms with E-state index in [0.29, 0.717) is 25.8 Å². The molecule has 0 unspecified atom stereocenters. The van der Waals surface area contributed by atoms with Crippen molar-refractivity contribution in [2.75, 3.05) is 26.8 Å². The van der Waals surface area contributed by atoms with E-state index in [2.05, 4.69) is 5.32 Å². The fourth-order valence-corrected chi connectivity index (χ4v) is 1.29. The number of rotatable bonds is 7. The van der Waals surface area contributed by atoms with E-state index in [1.165, 1.54) is 12.0 Å². The molecule has 0 aromatic rings. The summed E-state index contributed by atoms with van der Waals surface area (Å²) in [6.07, 6.45) is 1.47. The van der Waals surface area contributed by atoms with Crippen LogP contribution in [0.3, 0.4) is 0 Å². The molecule has 108 valence electrons. The predicted octanol–water partition coefficient (Wildman–Crippen LogP) is 0.468. The zero-order chi connectivity index (χ0) is 14.8. The Morgan fingerprint density at radius 3 is 2.42 bits per heavy atom. The number of hydrogen-bond donors (Lipinski definition) is 2. The molecule has 0 aliphatic rings. The lowest BCUT2D eigenvalue weighted by Gasteiger charge is -2.23. The lowest BCUT2D eigenvalue weighted by molar-refractivity contribution is -0.131. The van der Waals surface area contributed by atoms with Crippen LogP contribution in [0.4, 0.5) is 4.79 Å². The fraction of sp³-hybridized carbons (Fsp3) is 0.583. The first-order chi connectivity index (χ1) is 8.86. The number of carboxylic acids is 1. The molecule has 0 rings (SSSR count). The van der Waals surface area contributed by atoms with Crippen molar-refractivity contribution in [3.8, 4) is 0 Å². The molecule has 0 saturated carbocycles.